The SMILES string of the molecule is COC(=O)c1cccc2c1NCC[C@H]1CNC[C@H]21. The summed E-state index contributed by atoms with van der Waals surface area (Å²) >= 11 is 0. The Hall–Kier alpha value is -1.55. The van der Waals surface area contributed by atoms with Crippen LogP contribution in [0, 0.1) is 5.92 Å². The minimum Gasteiger partial charge on any atom is -0.465 e. The maximum absolute atomic E-state index is 11.8. The highest BCUT2D eigenvalue weighted by molar-refractivity contribution is 5.96. The van der Waals surface area contributed by atoms with E-state index in [2.05, 4.69) is 16.7 Å². The van der Waals surface area contributed by atoms with Crippen molar-refractivity contribution >= 4 is 11.7 Å². The van der Waals surface area contributed by atoms with Crippen LogP contribution >= 0.6 is 0 Å². The molecule has 2 aliphatic rings. The lowest BCUT2D eigenvalue weighted by Gasteiger charge is -2.18. The number of methoxy groups -OCH3 is 1. The van der Waals surface area contributed by atoms with Crippen LogP contribution in [0.1, 0.15) is 28.3 Å². The van der Waals surface area contributed by atoms with E-state index in [-0.39, 0.29) is 5.97 Å². The van der Waals surface area contributed by atoms with Crippen molar-refractivity contribution < 1.29 is 9.53 Å². The van der Waals surface area contributed by atoms with Gasteiger partial charge < -0.3 is 15.4 Å². The number of rotatable bonds is 1. The van der Waals surface area contributed by atoms with Crippen LogP contribution in [-0.4, -0.2) is 32.7 Å². The average Bonchev–Trinajstić information content (AvgIpc) is 2.79. The maximum Gasteiger partial charge on any atom is 0.339 e. The van der Waals surface area contributed by atoms with Gasteiger partial charge in [0.05, 0.1) is 18.4 Å². The van der Waals surface area contributed by atoms with Gasteiger partial charge in [0.1, 0.15) is 0 Å². The monoisotopic (exact) mass is 246 g/mol. The molecule has 0 amide bonds. The lowest BCUT2D eigenvalue weighted by atomic mass is 9.86. The summed E-state index contributed by atoms with van der Waals surface area (Å²) in [5.41, 5.74) is 2.88. The molecule has 1 aromatic carbocycles. The molecule has 1 saturated heterocycles. The zero-order chi connectivity index (χ0) is 12.5. The van der Waals surface area contributed by atoms with Crippen molar-refractivity contribution in [2.75, 3.05) is 32.1 Å². The summed E-state index contributed by atoms with van der Waals surface area (Å²) in [4.78, 5) is 11.8. The standard InChI is InChI=1S/C14H18N2O2/c1-18-14(17)11-4-2-3-10-12-8-15-7-9(12)5-6-16-13(10)11/h2-4,9,12,15-16H,5-8H2,1H3/t9-,12-/m0/s1. The van der Waals surface area contributed by atoms with Gasteiger partial charge >= 0.3 is 5.97 Å². The third kappa shape index (κ3) is 1.77. The molecule has 0 saturated carbocycles. The fraction of sp³-hybridized carbons (Fsp3) is 0.500. The summed E-state index contributed by atoms with van der Waals surface area (Å²) in [5, 5.41) is 6.86. The Morgan fingerprint density at radius 1 is 1.39 bits per heavy atom. The smallest absolute Gasteiger partial charge is 0.339 e. The van der Waals surface area contributed by atoms with E-state index < -0.39 is 0 Å². The minimum absolute atomic E-state index is 0.260. The van der Waals surface area contributed by atoms with E-state index in [1.807, 2.05) is 12.1 Å². The van der Waals surface area contributed by atoms with Crippen molar-refractivity contribution in [3.63, 3.8) is 0 Å². The molecule has 3 rings (SSSR count). The topological polar surface area (TPSA) is 50.4 Å². The van der Waals surface area contributed by atoms with Gasteiger partial charge in [-0.15, -0.1) is 0 Å². The molecular formula is C14H18N2O2. The Kier molecular flexibility index (Phi) is 2.96. The quantitative estimate of drug-likeness (QED) is 0.739. The summed E-state index contributed by atoms with van der Waals surface area (Å²) < 4.78 is 4.86. The molecule has 0 aliphatic carbocycles. The third-order valence-corrected chi connectivity index (χ3v) is 4.06. The van der Waals surface area contributed by atoms with Crippen LogP contribution in [-0.2, 0) is 4.74 Å². The lowest BCUT2D eigenvalue weighted by molar-refractivity contribution is 0.0601. The molecule has 0 unspecified atom stereocenters. The number of para-hydroxylation sites is 1. The number of carbonyl (C=O) groups excluding carboxylic acids is 1. The predicted molar refractivity (Wildman–Crippen MR) is 70.0 cm³/mol. The van der Waals surface area contributed by atoms with Crippen LogP contribution in [0.2, 0.25) is 0 Å². The highest BCUT2D eigenvalue weighted by Crippen LogP contribution is 2.38. The number of ether oxygens (including phenoxy) is 1. The van der Waals surface area contributed by atoms with Gasteiger partial charge in [-0.3, -0.25) is 0 Å². The molecule has 4 heteroatoms. The van der Waals surface area contributed by atoms with E-state index in [0.717, 1.165) is 31.7 Å². The largest absolute Gasteiger partial charge is 0.465 e. The van der Waals surface area contributed by atoms with Crippen LogP contribution in [0.25, 0.3) is 0 Å². The molecule has 0 spiro atoms. The molecule has 2 aliphatic heterocycles. The highest BCUT2D eigenvalue weighted by Gasteiger charge is 2.33. The first-order valence-corrected chi connectivity index (χ1v) is 6.47. The minimum atomic E-state index is -0.260. The summed E-state index contributed by atoms with van der Waals surface area (Å²) in [6.45, 7) is 3.00. The number of esters is 1. The molecule has 2 heterocycles. The fourth-order valence-corrected chi connectivity index (χ4v) is 3.14. The van der Waals surface area contributed by atoms with Gasteiger partial charge in [0.15, 0.2) is 0 Å². The molecule has 2 atom stereocenters. The van der Waals surface area contributed by atoms with E-state index in [1.54, 1.807) is 0 Å². The van der Waals surface area contributed by atoms with Crippen molar-refractivity contribution in [1.29, 1.82) is 0 Å². The molecule has 2 N–H and O–H groups in total. The summed E-state index contributed by atoms with van der Waals surface area (Å²) in [6.07, 6.45) is 1.15. The van der Waals surface area contributed by atoms with Gasteiger partial charge in [0.2, 0.25) is 0 Å². The Morgan fingerprint density at radius 2 is 2.28 bits per heavy atom. The number of hydrogen-bond acceptors (Lipinski definition) is 4. The van der Waals surface area contributed by atoms with E-state index in [4.69, 9.17) is 4.74 Å². The summed E-state index contributed by atoms with van der Waals surface area (Å²) in [5.74, 6) is 0.926. The second-order valence-corrected chi connectivity index (χ2v) is 5.00. The van der Waals surface area contributed by atoms with Gasteiger partial charge in [-0.1, -0.05) is 12.1 Å². The summed E-state index contributed by atoms with van der Waals surface area (Å²) in [7, 11) is 1.43. The van der Waals surface area contributed by atoms with E-state index in [9.17, 15) is 4.79 Å². The van der Waals surface area contributed by atoms with Crippen LogP contribution in [0.3, 0.4) is 0 Å². The zero-order valence-corrected chi connectivity index (χ0v) is 10.5. The highest BCUT2D eigenvalue weighted by atomic mass is 16.5. The van der Waals surface area contributed by atoms with E-state index >= 15 is 0 Å². The molecule has 0 radical (unpaired) electrons. The van der Waals surface area contributed by atoms with Gasteiger partial charge in [-0.05, 0) is 30.5 Å². The van der Waals surface area contributed by atoms with Crippen LogP contribution < -0.4 is 10.6 Å². The Labute approximate surface area is 107 Å². The van der Waals surface area contributed by atoms with Crippen LogP contribution in [0.5, 0.6) is 0 Å². The van der Waals surface area contributed by atoms with Crippen LogP contribution in [0.15, 0.2) is 18.2 Å². The van der Waals surface area contributed by atoms with Gasteiger partial charge in [-0.25, -0.2) is 4.79 Å². The lowest BCUT2D eigenvalue weighted by Crippen LogP contribution is -2.13. The third-order valence-electron chi connectivity index (χ3n) is 4.06. The molecule has 0 bridgehead atoms. The molecule has 96 valence electrons. The normalized spacial score (nSPS) is 25.6. The van der Waals surface area contributed by atoms with E-state index in [0.29, 0.717) is 17.4 Å². The Balaban J connectivity index is 2.07. The van der Waals surface area contributed by atoms with Crippen molar-refractivity contribution in [2.24, 2.45) is 5.92 Å². The van der Waals surface area contributed by atoms with Gasteiger partial charge in [0.25, 0.3) is 0 Å². The van der Waals surface area contributed by atoms with Crippen molar-refractivity contribution in [3.8, 4) is 0 Å². The number of benzene rings is 1. The number of nitrogens with one attached hydrogen (secondary N) is 2. The maximum atomic E-state index is 11.8. The Bertz CT molecular complexity index is 473. The summed E-state index contributed by atoms with van der Waals surface area (Å²) in [6, 6.07) is 5.92. The van der Waals surface area contributed by atoms with Crippen molar-refractivity contribution in [3.05, 3.63) is 29.3 Å². The Morgan fingerprint density at radius 3 is 3.11 bits per heavy atom. The predicted octanol–water partition coefficient (Wildman–Crippen LogP) is 1.59. The molecule has 1 aromatic rings. The number of fused-ring (bicyclic) bond motifs is 3. The van der Waals surface area contributed by atoms with Crippen molar-refractivity contribution in [2.45, 2.75) is 12.3 Å². The van der Waals surface area contributed by atoms with Gasteiger partial charge in [0, 0.05) is 19.0 Å². The van der Waals surface area contributed by atoms with Crippen molar-refractivity contribution in [1.82, 2.24) is 5.32 Å². The van der Waals surface area contributed by atoms with Crippen LogP contribution in [0.4, 0.5) is 5.69 Å². The number of hydrogen-bond donors (Lipinski definition) is 2. The molecular weight excluding hydrogens is 228 g/mol. The molecule has 18 heavy (non-hydrogen) atoms. The first-order chi connectivity index (χ1) is 8.81. The molecule has 4 nitrogen and oxygen atoms in total. The average molecular weight is 246 g/mol. The zero-order valence-electron chi connectivity index (χ0n) is 10.5. The van der Waals surface area contributed by atoms with E-state index in [1.165, 1.54) is 12.7 Å². The number of carbonyl (C=O) groups is 1. The molecule has 0 aromatic heterocycles. The fourth-order valence-electron chi connectivity index (χ4n) is 3.14. The first kappa shape index (κ1) is 11.5. The van der Waals surface area contributed by atoms with Gasteiger partial charge in [-0.2, -0.15) is 0 Å². The first-order valence-electron chi connectivity index (χ1n) is 6.47. The second-order valence-electron chi connectivity index (χ2n) is 5.00. The second kappa shape index (κ2) is 4.61. The number of anilines is 1. The molecule has 1 fully saturated rings.